The Morgan fingerprint density at radius 1 is 1.36 bits per heavy atom. The van der Waals surface area contributed by atoms with Crippen molar-refractivity contribution < 1.29 is 14.0 Å². The Kier molecular flexibility index (Phi) is 5.63. The van der Waals surface area contributed by atoms with E-state index in [0.717, 1.165) is 50.2 Å². The third-order valence-corrected chi connectivity index (χ3v) is 4.19. The Hall–Kier alpha value is -1.78. The zero-order valence-corrected chi connectivity index (χ0v) is 13.7. The first-order chi connectivity index (χ1) is 10.5. The first-order valence-corrected chi connectivity index (χ1v) is 8.19. The third-order valence-electron chi connectivity index (χ3n) is 4.19. The van der Waals surface area contributed by atoms with E-state index < -0.39 is 6.04 Å². The Balaban J connectivity index is 2.19. The van der Waals surface area contributed by atoms with Gasteiger partial charge in [0.15, 0.2) is 0 Å². The molecule has 1 aliphatic heterocycles. The maximum atomic E-state index is 12.7. The molecule has 0 radical (unpaired) electrons. The molecule has 1 N–H and O–H groups in total. The SMILES string of the molecule is CCc1ccc([C@H]2CCCCCN2C(=O)[C@H](C)NC(C)=O)o1. The number of furan rings is 1. The topological polar surface area (TPSA) is 62.6 Å². The lowest BCUT2D eigenvalue weighted by atomic mass is 10.1. The van der Waals surface area contributed by atoms with Gasteiger partial charge in [-0.05, 0) is 31.9 Å². The van der Waals surface area contributed by atoms with Gasteiger partial charge in [0.2, 0.25) is 11.8 Å². The molecule has 22 heavy (non-hydrogen) atoms. The first-order valence-electron chi connectivity index (χ1n) is 8.19. The van der Waals surface area contributed by atoms with Gasteiger partial charge in [-0.2, -0.15) is 0 Å². The van der Waals surface area contributed by atoms with Crippen molar-refractivity contribution in [1.82, 2.24) is 10.2 Å². The van der Waals surface area contributed by atoms with Gasteiger partial charge in [0.05, 0.1) is 6.04 Å². The summed E-state index contributed by atoms with van der Waals surface area (Å²) in [4.78, 5) is 25.8. The van der Waals surface area contributed by atoms with Crippen LogP contribution in [-0.4, -0.2) is 29.3 Å². The van der Waals surface area contributed by atoms with Crippen molar-refractivity contribution >= 4 is 11.8 Å². The van der Waals surface area contributed by atoms with E-state index in [9.17, 15) is 9.59 Å². The number of carbonyl (C=O) groups is 2. The van der Waals surface area contributed by atoms with E-state index in [2.05, 4.69) is 12.2 Å². The van der Waals surface area contributed by atoms with E-state index >= 15 is 0 Å². The van der Waals surface area contributed by atoms with Crippen LogP contribution in [0.5, 0.6) is 0 Å². The molecule has 1 aromatic rings. The number of carbonyl (C=O) groups excluding carboxylic acids is 2. The summed E-state index contributed by atoms with van der Waals surface area (Å²) in [5.74, 6) is 1.60. The Labute approximate surface area is 132 Å². The van der Waals surface area contributed by atoms with Crippen LogP contribution in [0.15, 0.2) is 16.5 Å². The molecular formula is C17H26N2O3. The average molecular weight is 306 g/mol. The van der Waals surface area contributed by atoms with E-state index in [-0.39, 0.29) is 17.9 Å². The highest BCUT2D eigenvalue weighted by Gasteiger charge is 2.31. The zero-order chi connectivity index (χ0) is 16.1. The second-order valence-corrected chi connectivity index (χ2v) is 5.98. The number of nitrogens with one attached hydrogen (secondary N) is 1. The van der Waals surface area contributed by atoms with Gasteiger partial charge in [-0.15, -0.1) is 0 Å². The Bertz CT molecular complexity index is 524. The lowest BCUT2D eigenvalue weighted by Gasteiger charge is -2.31. The lowest BCUT2D eigenvalue weighted by Crippen LogP contribution is -2.47. The van der Waals surface area contributed by atoms with E-state index in [1.165, 1.54) is 6.92 Å². The van der Waals surface area contributed by atoms with Crippen molar-refractivity contribution in [3.05, 3.63) is 23.7 Å². The minimum absolute atomic E-state index is 0.0218. The fourth-order valence-corrected chi connectivity index (χ4v) is 3.05. The number of aryl methyl sites for hydroxylation is 1. The molecule has 1 aromatic heterocycles. The number of amides is 2. The summed E-state index contributed by atoms with van der Waals surface area (Å²) in [7, 11) is 0. The smallest absolute Gasteiger partial charge is 0.245 e. The first kappa shape index (κ1) is 16.6. The molecule has 0 spiro atoms. The van der Waals surface area contributed by atoms with Crippen molar-refractivity contribution in [2.75, 3.05) is 6.54 Å². The van der Waals surface area contributed by atoms with Gasteiger partial charge in [-0.3, -0.25) is 9.59 Å². The maximum Gasteiger partial charge on any atom is 0.245 e. The van der Waals surface area contributed by atoms with Crippen molar-refractivity contribution in [1.29, 1.82) is 0 Å². The number of likely N-dealkylation sites (tertiary alicyclic amines) is 1. The van der Waals surface area contributed by atoms with Crippen LogP contribution in [0.3, 0.4) is 0 Å². The Morgan fingerprint density at radius 3 is 2.77 bits per heavy atom. The van der Waals surface area contributed by atoms with Gasteiger partial charge in [0.1, 0.15) is 17.6 Å². The average Bonchev–Trinajstić information content (AvgIpc) is 2.82. The van der Waals surface area contributed by atoms with Gasteiger partial charge in [-0.1, -0.05) is 19.8 Å². The molecule has 1 aliphatic rings. The van der Waals surface area contributed by atoms with Gasteiger partial charge in [-0.25, -0.2) is 0 Å². The summed E-state index contributed by atoms with van der Waals surface area (Å²) in [6.07, 6.45) is 4.97. The number of nitrogens with zero attached hydrogens (tertiary/aromatic N) is 1. The number of rotatable bonds is 4. The molecule has 122 valence electrons. The van der Waals surface area contributed by atoms with Crippen LogP contribution in [0.1, 0.15) is 64.0 Å². The van der Waals surface area contributed by atoms with Crippen LogP contribution < -0.4 is 5.32 Å². The molecule has 0 saturated carbocycles. The predicted octanol–water partition coefficient (Wildman–Crippen LogP) is 2.81. The van der Waals surface area contributed by atoms with Crippen molar-refractivity contribution in [3.63, 3.8) is 0 Å². The normalized spacial score (nSPS) is 20.3. The maximum absolute atomic E-state index is 12.7. The van der Waals surface area contributed by atoms with Crippen LogP contribution in [0.25, 0.3) is 0 Å². The molecule has 0 bridgehead atoms. The monoisotopic (exact) mass is 306 g/mol. The minimum Gasteiger partial charge on any atom is -0.464 e. The van der Waals surface area contributed by atoms with Crippen molar-refractivity contribution in [2.45, 2.75) is 65.0 Å². The Morgan fingerprint density at radius 2 is 2.14 bits per heavy atom. The summed E-state index contributed by atoms with van der Waals surface area (Å²) >= 11 is 0. The molecule has 1 fully saturated rings. The van der Waals surface area contributed by atoms with Crippen molar-refractivity contribution in [3.8, 4) is 0 Å². The van der Waals surface area contributed by atoms with E-state index in [1.54, 1.807) is 6.92 Å². The van der Waals surface area contributed by atoms with E-state index in [4.69, 9.17) is 4.42 Å². The van der Waals surface area contributed by atoms with Crippen LogP contribution in [-0.2, 0) is 16.0 Å². The molecule has 1 saturated heterocycles. The van der Waals surface area contributed by atoms with Crippen molar-refractivity contribution in [2.24, 2.45) is 0 Å². The van der Waals surface area contributed by atoms with E-state index in [0.29, 0.717) is 0 Å². The molecule has 2 amide bonds. The number of hydrogen-bond acceptors (Lipinski definition) is 3. The minimum atomic E-state index is -0.501. The predicted molar refractivity (Wildman–Crippen MR) is 84.3 cm³/mol. The lowest BCUT2D eigenvalue weighted by molar-refractivity contribution is -0.138. The second-order valence-electron chi connectivity index (χ2n) is 5.98. The third kappa shape index (κ3) is 3.90. The molecule has 0 aliphatic carbocycles. The molecule has 2 heterocycles. The molecular weight excluding hydrogens is 280 g/mol. The molecule has 2 rings (SSSR count). The van der Waals surface area contributed by atoms with E-state index in [1.807, 2.05) is 17.0 Å². The molecule has 0 aromatic carbocycles. The standard InChI is InChI=1S/C17H26N2O3/c1-4-14-9-10-16(22-14)15-8-6-5-7-11-19(15)17(21)12(2)18-13(3)20/h9-10,12,15H,4-8,11H2,1-3H3,(H,18,20)/t12-,15+/m0/s1. The summed E-state index contributed by atoms with van der Waals surface area (Å²) in [5, 5.41) is 2.69. The highest BCUT2D eigenvalue weighted by molar-refractivity contribution is 5.86. The van der Waals surface area contributed by atoms with Gasteiger partial charge in [0, 0.05) is 19.9 Å². The van der Waals surface area contributed by atoms with Crippen LogP contribution in [0.2, 0.25) is 0 Å². The molecule has 2 atom stereocenters. The van der Waals surface area contributed by atoms with Gasteiger partial charge < -0.3 is 14.6 Å². The zero-order valence-electron chi connectivity index (χ0n) is 13.7. The fraction of sp³-hybridized carbons (Fsp3) is 0.647. The number of hydrogen-bond donors (Lipinski definition) is 1. The molecule has 5 heteroatoms. The largest absolute Gasteiger partial charge is 0.464 e. The van der Waals surface area contributed by atoms with Crippen LogP contribution in [0, 0.1) is 0 Å². The van der Waals surface area contributed by atoms with Crippen LogP contribution in [0.4, 0.5) is 0 Å². The highest BCUT2D eigenvalue weighted by atomic mass is 16.3. The second kappa shape index (κ2) is 7.47. The fourth-order valence-electron chi connectivity index (χ4n) is 3.05. The molecule has 0 unspecified atom stereocenters. The van der Waals surface area contributed by atoms with Gasteiger partial charge in [0.25, 0.3) is 0 Å². The summed E-state index contributed by atoms with van der Waals surface area (Å²) in [6.45, 7) is 5.95. The summed E-state index contributed by atoms with van der Waals surface area (Å²) < 4.78 is 5.89. The summed E-state index contributed by atoms with van der Waals surface area (Å²) in [6, 6.07) is 3.45. The molecule has 5 nitrogen and oxygen atoms in total. The van der Waals surface area contributed by atoms with Crippen LogP contribution >= 0.6 is 0 Å². The van der Waals surface area contributed by atoms with Gasteiger partial charge >= 0.3 is 0 Å². The quantitative estimate of drug-likeness (QED) is 0.930. The highest BCUT2D eigenvalue weighted by Crippen LogP contribution is 2.31. The summed E-state index contributed by atoms with van der Waals surface area (Å²) in [5.41, 5.74) is 0.